The van der Waals surface area contributed by atoms with E-state index in [-0.39, 0.29) is 0 Å². The van der Waals surface area contributed by atoms with Crippen molar-refractivity contribution < 1.29 is 0 Å². The predicted molar refractivity (Wildman–Crippen MR) is 41.0 cm³/mol. The number of hydrogen-bond acceptors (Lipinski definition) is 2. The maximum Gasteiger partial charge on any atom is 0.0688 e. The average molecular weight is 134 g/mol. The fourth-order valence-electron chi connectivity index (χ4n) is 1.24. The van der Waals surface area contributed by atoms with Gasteiger partial charge in [-0.1, -0.05) is 18.2 Å². The summed E-state index contributed by atoms with van der Waals surface area (Å²) in [5.74, 6) is 0. The molecule has 0 aromatic rings. The van der Waals surface area contributed by atoms with Crippen LogP contribution in [0.15, 0.2) is 36.1 Å². The van der Waals surface area contributed by atoms with Gasteiger partial charge in [0.1, 0.15) is 0 Å². The maximum absolute atomic E-state index is 3.13. The van der Waals surface area contributed by atoms with Gasteiger partial charge in [0, 0.05) is 6.20 Å². The second-order valence-electron chi connectivity index (χ2n) is 2.47. The third-order valence-corrected chi connectivity index (χ3v) is 1.78. The highest BCUT2D eigenvalue weighted by molar-refractivity contribution is 5.34. The molecule has 0 aromatic carbocycles. The van der Waals surface area contributed by atoms with Crippen molar-refractivity contribution in [1.82, 2.24) is 10.9 Å². The van der Waals surface area contributed by atoms with Gasteiger partial charge in [-0.25, -0.2) is 5.43 Å². The quantitative estimate of drug-likeness (QED) is 0.480. The van der Waals surface area contributed by atoms with Crippen LogP contribution in [0.4, 0.5) is 0 Å². The number of hydrazine groups is 1. The number of rotatable bonds is 0. The molecule has 0 saturated heterocycles. The minimum absolute atomic E-state index is 0.388. The summed E-state index contributed by atoms with van der Waals surface area (Å²) in [4.78, 5) is 0. The molecule has 0 saturated carbocycles. The molecule has 10 heavy (non-hydrogen) atoms. The van der Waals surface area contributed by atoms with Crippen LogP contribution in [0.3, 0.4) is 0 Å². The van der Waals surface area contributed by atoms with Gasteiger partial charge in [-0.3, -0.25) is 0 Å². The van der Waals surface area contributed by atoms with Crippen molar-refractivity contribution in [2.45, 2.75) is 12.5 Å². The van der Waals surface area contributed by atoms with Crippen molar-refractivity contribution >= 4 is 0 Å². The molecule has 1 atom stereocenters. The molecule has 2 rings (SSSR count). The van der Waals surface area contributed by atoms with Crippen LogP contribution in [0.5, 0.6) is 0 Å². The molecule has 52 valence electrons. The van der Waals surface area contributed by atoms with E-state index in [1.807, 2.05) is 6.20 Å². The normalized spacial score (nSPS) is 28.8. The Morgan fingerprint density at radius 1 is 1.50 bits per heavy atom. The Balaban J connectivity index is 2.26. The van der Waals surface area contributed by atoms with Gasteiger partial charge < -0.3 is 5.43 Å². The molecular formula is C8H10N2. The molecule has 1 unspecified atom stereocenters. The van der Waals surface area contributed by atoms with Gasteiger partial charge in [0.15, 0.2) is 0 Å². The summed E-state index contributed by atoms with van der Waals surface area (Å²) in [7, 11) is 0. The first-order valence-corrected chi connectivity index (χ1v) is 3.51. The molecule has 1 heterocycles. The topological polar surface area (TPSA) is 24.1 Å². The molecule has 0 fully saturated rings. The summed E-state index contributed by atoms with van der Waals surface area (Å²) in [5, 5.41) is 0. The van der Waals surface area contributed by atoms with E-state index in [9.17, 15) is 0 Å². The zero-order valence-electron chi connectivity index (χ0n) is 5.67. The summed E-state index contributed by atoms with van der Waals surface area (Å²) in [5.41, 5.74) is 7.45. The Bertz CT molecular complexity index is 213. The SMILES string of the molecule is C1=CC2NNC=CC2=CC1. The van der Waals surface area contributed by atoms with Gasteiger partial charge in [0.2, 0.25) is 0 Å². The first kappa shape index (κ1) is 5.74. The van der Waals surface area contributed by atoms with E-state index >= 15 is 0 Å². The summed E-state index contributed by atoms with van der Waals surface area (Å²) in [6, 6.07) is 0.388. The van der Waals surface area contributed by atoms with Gasteiger partial charge in [-0.15, -0.1) is 0 Å². The van der Waals surface area contributed by atoms with Crippen LogP contribution in [0.1, 0.15) is 6.42 Å². The van der Waals surface area contributed by atoms with Gasteiger partial charge in [-0.2, -0.15) is 0 Å². The Hall–Kier alpha value is -1.02. The van der Waals surface area contributed by atoms with E-state index in [1.54, 1.807) is 0 Å². The highest BCUT2D eigenvalue weighted by Crippen LogP contribution is 2.14. The van der Waals surface area contributed by atoms with E-state index in [1.165, 1.54) is 5.57 Å². The van der Waals surface area contributed by atoms with Crippen LogP contribution in [-0.2, 0) is 0 Å². The third kappa shape index (κ3) is 0.866. The van der Waals surface area contributed by atoms with Crippen molar-refractivity contribution in [3.63, 3.8) is 0 Å². The first-order valence-electron chi connectivity index (χ1n) is 3.51. The van der Waals surface area contributed by atoms with Crippen molar-refractivity contribution in [1.29, 1.82) is 0 Å². The van der Waals surface area contributed by atoms with Crippen LogP contribution in [0.2, 0.25) is 0 Å². The minimum Gasteiger partial charge on any atom is -0.328 e. The smallest absolute Gasteiger partial charge is 0.0688 e. The molecule has 2 nitrogen and oxygen atoms in total. The predicted octanol–water partition coefficient (Wildman–Crippen LogP) is 0.863. The van der Waals surface area contributed by atoms with Crippen LogP contribution in [-0.4, -0.2) is 6.04 Å². The maximum atomic E-state index is 3.13. The van der Waals surface area contributed by atoms with E-state index in [2.05, 4.69) is 35.2 Å². The molecule has 2 aliphatic rings. The fraction of sp³-hybridized carbons (Fsp3) is 0.250. The van der Waals surface area contributed by atoms with Gasteiger partial charge in [0.05, 0.1) is 6.04 Å². The lowest BCUT2D eigenvalue weighted by Gasteiger charge is -2.22. The van der Waals surface area contributed by atoms with Gasteiger partial charge in [0.25, 0.3) is 0 Å². The second kappa shape index (κ2) is 2.31. The number of fused-ring (bicyclic) bond motifs is 1. The van der Waals surface area contributed by atoms with Crippen LogP contribution < -0.4 is 10.9 Å². The third-order valence-electron chi connectivity index (χ3n) is 1.78. The summed E-state index contributed by atoms with van der Waals surface area (Å²) < 4.78 is 0. The zero-order valence-corrected chi connectivity index (χ0v) is 5.67. The lowest BCUT2D eigenvalue weighted by atomic mass is 10.0. The Kier molecular flexibility index (Phi) is 1.32. The lowest BCUT2D eigenvalue weighted by Crippen LogP contribution is -2.40. The van der Waals surface area contributed by atoms with Crippen molar-refractivity contribution in [3.05, 3.63) is 36.1 Å². The Morgan fingerprint density at radius 3 is 3.40 bits per heavy atom. The summed E-state index contributed by atoms with van der Waals surface area (Å²) in [6.45, 7) is 0. The number of allylic oxidation sites excluding steroid dienone is 2. The van der Waals surface area contributed by atoms with Crippen LogP contribution >= 0.6 is 0 Å². The highest BCUT2D eigenvalue weighted by atomic mass is 15.4. The van der Waals surface area contributed by atoms with Crippen molar-refractivity contribution in [2.24, 2.45) is 0 Å². The standard InChI is InChI=1S/C8H10N2/c1-2-4-8-7(3-1)5-6-9-10-8/h2-6,8-10H,1H2. The largest absolute Gasteiger partial charge is 0.328 e. The van der Waals surface area contributed by atoms with Crippen LogP contribution in [0.25, 0.3) is 0 Å². The summed E-state index contributed by atoms with van der Waals surface area (Å²) in [6.07, 6.45) is 11.7. The number of hydrogen-bond donors (Lipinski definition) is 2. The molecule has 2 heteroatoms. The minimum atomic E-state index is 0.388. The van der Waals surface area contributed by atoms with Crippen LogP contribution in [0, 0.1) is 0 Å². The van der Waals surface area contributed by atoms with E-state index < -0.39 is 0 Å². The van der Waals surface area contributed by atoms with Gasteiger partial charge in [-0.05, 0) is 18.1 Å². The molecular weight excluding hydrogens is 124 g/mol. The van der Waals surface area contributed by atoms with E-state index in [0.29, 0.717) is 6.04 Å². The Morgan fingerprint density at radius 2 is 2.50 bits per heavy atom. The summed E-state index contributed by atoms with van der Waals surface area (Å²) >= 11 is 0. The molecule has 2 N–H and O–H groups in total. The average Bonchev–Trinajstić information content (AvgIpc) is 2.05. The molecule has 1 aliphatic carbocycles. The number of nitrogens with one attached hydrogen (secondary N) is 2. The lowest BCUT2D eigenvalue weighted by molar-refractivity contribution is 0.576. The zero-order chi connectivity index (χ0) is 6.81. The van der Waals surface area contributed by atoms with Crippen molar-refractivity contribution in [3.8, 4) is 0 Å². The highest BCUT2D eigenvalue weighted by Gasteiger charge is 2.11. The second-order valence-corrected chi connectivity index (χ2v) is 2.47. The van der Waals surface area contributed by atoms with E-state index in [0.717, 1.165) is 6.42 Å². The fourth-order valence-corrected chi connectivity index (χ4v) is 1.24. The van der Waals surface area contributed by atoms with Crippen molar-refractivity contribution in [2.75, 3.05) is 0 Å². The molecule has 0 bridgehead atoms. The van der Waals surface area contributed by atoms with Gasteiger partial charge >= 0.3 is 0 Å². The first-order chi connectivity index (χ1) is 4.97. The Labute approximate surface area is 60.3 Å². The molecule has 0 spiro atoms. The molecule has 0 amide bonds. The molecule has 0 radical (unpaired) electrons. The monoisotopic (exact) mass is 134 g/mol. The van der Waals surface area contributed by atoms with E-state index in [4.69, 9.17) is 0 Å². The molecule has 0 aromatic heterocycles. The molecule has 1 aliphatic heterocycles.